The average Bonchev–Trinajstić information content (AvgIpc) is 3.28. The third-order valence-corrected chi connectivity index (χ3v) is 4.52. The topological polar surface area (TPSA) is 47.9 Å². The third-order valence-electron chi connectivity index (χ3n) is 4.52. The molecule has 1 fully saturated rings. The summed E-state index contributed by atoms with van der Waals surface area (Å²) in [6.45, 7) is 6.75. The summed E-state index contributed by atoms with van der Waals surface area (Å²) >= 11 is 0. The van der Waals surface area contributed by atoms with E-state index in [2.05, 4.69) is 0 Å². The second-order valence-electron chi connectivity index (χ2n) is 7.47. The summed E-state index contributed by atoms with van der Waals surface area (Å²) in [5.74, 6) is 0.421. The van der Waals surface area contributed by atoms with E-state index < -0.39 is 30.1 Å². The number of halogens is 3. The molecule has 0 amide bonds. The zero-order valence-corrected chi connectivity index (χ0v) is 14.9. The van der Waals surface area contributed by atoms with Crippen molar-refractivity contribution in [3.63, 3.8) is 0 Å². The summed E-state index contributed by atoms with van der Waals surface area (Å²) in [4.78, 5) is 10.4. The van der Waals surface area contributed by atoms with E-state index in [1.807, 2.05) is 0 Å². The molecule has 8 heteroatoms. The molecule has 0 unspecified atom stereocenters. The second kappa shape index (κ2) is 7.27. The van der Waals surface area contributed by atoms with Gasteiger partial charge in [-0.3, -0.25) is 4.81 Å². The summed E-state index contributed by atoms with van der Waals surface area (Å²) in [7, 11) is -1.19. The van der Waals surface area contributed by atoms with E-state index in [-0.39, 0.29) is 5.46 Å². The summed E-state index contributed by atoms with van der Waals surface area (Å²) in [6, 6.07) is 4.70. The molecule has 1 aromatic carbocycles. The molecular formula is C17H24BF3O4. The molecule has 140 valence electrons. The van der Waals surface area contributed by atoms with Gasteiger partial charge in [0.15, 0.2) is 0 Å². The summed E-state index contributed by atoms with van der Waals surface area (Å²) in [5, 5.41) is 10.2. The van der Waals surface area contributed by atoms with E-state index in [1.165, 1.54) is 12.1 Å². The van der Waals surface area contributed by atoms with Gasteiger partial charge in [0.05, 0.1) is 23.4 Å². The van der Waals surface area contributed by atoms with Crippen LogP contribution in [0.15, 0.2) is 24.3 Å². The molecule has 4 nitrogen and oxygen atoms in total. The Balaban J connectivity index is 2.20. The van der Waals surface area contributed by atoms with Crippen molar-refractivity contribution in [3.8, 4) is 0 Å². The number of hydrogen-bond acceptors (Lipinski definition) is 4. The molecule has 0 aliphatic heterocycles. The number of benzene rings is 1. The van der Waals surface area contributed by atoms with Crippen molar-refractivity contribution in [2.45, 2.75) is 57.9 Å². The highest BCUT2D eigenvalue weighted by Gasteiger charge is 2.42. The van der Waals surface area contributed by atoms with Crippen LogP contribution in [0.3, 0.4) is 0 Å². The molecule has 25 heavy (non-hydrogen) atoms. The van der Waals surface area contributed by atoms with Gasteiger partial charge >= 0.3 is 13.3 Å². The summed E-state index contributed by atoms with van der Waals surface area (Å²) < 4.78 is 44.7. The molecule has 2 rings (SSSR count). The number of hydrogen-bond donors (Lipinski definition) is 1. The lowest BCUT2D eigenvalue weighted by molar-refractivity contribution is -0.236. The van der Waals surface area contributed by atoms with Gasteiger partial charge in [0.2, 0.25) is 0 Å². The van der Waals surface area contributed by atoms with Gasteiger partial charge in [0, 0.05) is 0 Å². The zero-order chi connectivity index (χ0) is 18.9. The van der Waals surface area contributed by atoms with Crippen molar-refractivity contribution in [1.82, 2.24) is 0 Å². The zero-order valence-electron chi connectivity index (χ0n) is 14.9. The highest BCUT2D eigenvalue weighted by Crippen LogP contribution is 2.31. The first-order valence-corrected chi connectivity index (χ1v) is 8.26. The molecule has 0 saturated heterocycles. The molecular weight excluding hydrogens is 336 g/mol. The molecule has 1 aliphatic rings. The van der Waals surface area contributed by atoms with E-state index in [9.17, 15) is 18.3 Å². The van der Waals surface area contributed by atoms with Crippen LogP contribution < -0.4 is 5.46 Å². The van der Waals surface area contributed by atoms with Crippen LogP contribution in [0, 0.1) is 5.92 Å². The lowest BCUT2D eigenvalue weighted by Gasteiger charge is -2.39. The van der Waals surface area contributed by atoms with Crippen LogP contribution in [0.1, 0.15) is 46.1 Å². The molecule has 0 aromatic heterocycles. The predicted molar refractivity (Wildman–Crippen MR) is 88.1 cm³/mol. The first-order chi connectivity index (χ1) is 11.4. The van der Waals surface area contributed by atoms with Crippen molar-refractivity contribution >= 4 is 12.6 Å². The van der Waals surface area contributed by atoms with E-state index in [1.54, 1.807) is 27.7 Å². The van der Waals surface area contributed by atoms with Gasteiger partial charge in [-0.1, -0.05) is 24.3 Å². The van der Waals surface area contributed by atoms with Gasteiger partial charge in [-0.2, -0.15) is 13.2 Å². The fourth-order valence-electron chi connectivity index (χ4n) is 1.90. The van der Waals surface area contributed by atoms with Crippen LogP contribution in [0.2, 0.25) is 0 Å². The highest BCUT2D eigenvalue weighted by molar-refractivity contribution is 6.61. The van der Waals surface area contributed by atoms with Crippen molar-refractivity contribution < 1.29 is 32.6 Å². The van der Waals surface area contributed by atoms with Gasteiger partial charge < -0.3 is 9.76 Å². The fraction of sp³-hybridized carbons (Fsp3) is 0.647. The molecule has 1 aliphatic carbocycles. The fourth-order valence-corrected chi connectivity index (χ4v) is 1.90. The van der Waals surface area contributed by atoms with Crippen molar-refractivity contribution in [2.75, 3.05) is 6.61 Å². The first-order valence-electron chi connectivity index (χ1n) is 8.26. The summed E-state index contributed by atoms with van der Waals surface area (Å²) in [6.07, 6.45) is -2.37. The van der Waals surface area contributed by atoms with Crippen LogP contribution in [0.5, 0.6) is 0 Å². The van der Waals surface area contributed by atoms with Crippen molar-refractivity contribution in [3.05, 3.63) is 29.8 Å². The molecule has 0 radical (unpaired) electrons. The van der Waals surface area contributed by atoms with Gasteiger partial charge in [-0.05, 0) is 51.9 Å². The third kappa shape index (κ3) is 5.71. The van der Waals surface area contributed by atoms with Gasteiger partial charge in [0.1, 0.15) is 0 Å². The minimum atomic E-state index is -4.47. The van der Waals surface area contributed by atoms with Gasteiger partial charge in [-0.25, -0.2) is 4.89 Å². The predicted octanol–water partition coefficient (Wildman–Crippen LogP) is 3.32. The lowest BCUT2D eigenvalue weighted by Crippen LogP contribution is -2.54. The smallest absolute Gasteiger partial charge is 0.398 e. The van der Waals surface area contributed by atoms with Crippen LogP contribution in [-0.2, 0) is 20.5 Å². The Kier molecular flexibility index (Phi) is 5.88. The number of rotatable bonds is 8. The number of aliphatic hydroxyl groups is 1. The monoisotopic (exact) mass is 360 g/mol. The van der Waals surface area contributed by atoms with Gasteiger partial charge in [0.25, 0.3) is 0 Å². The maximum absolute atomic E-state index is 13.0. The molecule has 0 atom stereocenters. The van der Waals surface area contributed by atoms with E-state index >= 15 is 0 Å². The second-order valence-corrected chi connectivity index (χ2v) is 7.47. The van der Waals surface area contributed by atoms with Crippen LogP contribution in [0.4, 0.5) is 13.2 Å². The maximum atomic E-state index is 13.0. The minimum absolute atomic E-state index is 0.169. The van der Waals surface area contributed by atoms with E-state index in [0.29, 0.717) is 12.5 Å². The molecule has 0 heterocycles. The Morgan fingerprint density at radius 3 is 2.32 bits per heavy atom. The van der Waals surface area contributed by atoms with Gasteiger partial charge in [-0.15, -0.1) is 0 Å². The molecule has 1 N–H and O–H groups in total. The average molecular weight is 360 g/mol. The quantitative estimate of drug-likeness (QED) is 0.439. The largest absolute Gasteiger partial charge is 0.526 e. The van der Waals surface area contributed by atoms with Crippen LogP contribution >= 0.6 is 0 Å². The normalized spacial score (nSPS) is 16.2. The SMILES string of the molecule is CC(C)(O)C(C)(C)OB(OOCC1CC1)c1cccc(C(F)(F)F)c1. The standard InChI is InChI=1S/C17H24BF3O4/c1-15(2,22)16(3,4)24-18(25-23-11-12-8-9-12)14-7-5-6-13(10-14)17(19,20)21/h5-7,10,12,22H,8-9,11H2,1-4H3. The molecule has 1 aromatic rings. The Labute approximate surface area is 146 Å². The van der Waals surface area contributed by atoms with E-state index in [4.69, 9.17) is 14.3 Å². The van der Waals surface area contributed by atoms with Crippen molar-refractivity contribution in [2.24, 2.45) is 5.92 Å². The Morgan fingerprint density at radius 2 is 1.80 bits per heavy atom. The molecule has 0 bridgehead atoms. The van der Waals surface area contributed by atoms with Crippen molar-refractivity contribution in [1.29, 1.82) is 0 Å². The highest BCUT2D eigenvalue weighted by atomic mass is 19.4. The first kappa shape index (κ1) is 20.2. The summed E-state index contributed by atoms with van der Waals surface area (Å²) in [5.41, 5.74) is -2.96. The minimum Gasteiger partial charge on any atom is -0.398 e. The Bertz CT molecular complexity index is 580. The Hall–Kier alpha value is -1.09. The number of alkyl halides is 3. The van der Waals surface area contributed by atoms with Crippen LogP contribution in [-0.4, -0.2) is 30.0 Å². The van der Waals surface area contributed by atoms with Crippen LogP contribution in [0.25, 0.3) is 0 Å². The maximum Gasteiger partial charge on any atom is 0.526 e. The molecule has 1 saturated carbocycles. The lowest BCUT2D eigenvalue weighted by atomic mass is 9.76. The van der Waals surface area contributed by atoms with E-state index in [0.717, 1.165) is 25.0 Å². The Morgan fingerprint density at radius 1 is 1.16 bits per heavy atom. The molecule has 0 spiro atoms.